The van der Waals surface area contributed by atoms with Crippen LogP contribution in [-0.2, 0) is 0 Å². The molecule has 0 saturated heterocycles. The Bertz CT molecular complexity index is 786. The van der Waals surface area contributed by atoms with Crippen LogP contribution in [0.5, 0.6) is 0 Å². The first-order valence-electron chi connectivity index (χ1n) is 6.58. The van der Waals surface area contributed by atoms with Crippen molar-refractivity contribution in [2.75, 3.05) is 11.6 Å². The number of amides is 1. The van der Waals surface area contributed by atoms with Gasteiger partial charge in [0.1, 0.15) is 0 Å². The average molecular weight is 345 g/mol. The molecule has 2 aromatic rings. The number of amidine groups is 1. The lowest BCUT2D eigenvalue weighted by atomic mass is 10.2. The van der Waals surface area contributed by atoms with Crippen LogP contribution in [0.25, 0.3) is 0 Å². The van der Waals surface area contributed by atoms with Crippen LogP contribution in [0, 0.1) is 11.5 Å². The summed E-state index contributed by atoms with van der Waals surface area (Å²) in [6.07, 6.45) is 3.64. The fraction of sp³-hybridized carbons (Fsp3) is 0.0625. The molecular weight excluding hydrogens is 332 g/mol. The summed E-state index contributed by atoms with van der Waals surface area (Å²) in [7, 11) is 0. The molecule has 2 N–H and O–H groups in total. The van der Waals surface area contributed by atoms with Crippen LogP contribution < -0.4 is 10.6 Å². The van der Waals surface area contributed by atoms with Gasteiger partial charge in [-0.1, -0.05) is 41.6 Å². The second kappa shape index (κ2) is 8.22. The number of anilines is 1. The monoisotopic (exact) mass is 344 g/mol. The van der Waals surface area contributed by atoms with Crippen LogP contribution in [0.15, 0.2) is 53.5 Å². The maximum absolute atomic E-state index is 12.2. The van der Waals surface area contributed by atoms with E-state index in [4.69, 9.17) is 16.9 Å². The molecule has 0 aromatic heterocycles. The summed E-state index contributed by atoms with van der Waals surface area (Å²) in [6.45, 7) is 0. The topological polar surface area (TPSA) is 77.3 Å². The molecule has 0 heterocycles. The lowest BCUT2D eigenvalue weighted by Crippen LogP contribution is -2.13. The second-order valence-electron chi connectivity index (χ2n) is 4.34. The van der Waals surface area contributed by atoms with Gasteiger partial charge in [0, 0.05) is 5.69 Å². The van der Waals surface area contributed by atoms with Crippen molar-refractivity contribution >= 4 is 45.8 Å². The molecule has 0 aliphatic rings. The van der Waals surface area contributed by atoms with Crippen molar-refractivity contribution in [2.24, 2.45) is 4.99 Å². The number of nitriles is 1. The maximum Gasteiger partial charge on any atom is 0.257 e. The SMILES string of the molecule is CSC(=Nc1cccc(NC(=O)c2ccccc2Cl)c1)NC#N. The molecule has 2 rings (SSSR count). The van der Waals surface area contributed by atoms with Crippen molar-refractivity contribution in [3.63, 3.8) is 0 Å². The van der Waals surface area contributed by atoms with Gasteiger partial charge in [-0.15, -0.1) is 0 Å². The number of rotatable bonds is 3. The fourth-order valence-corrected chi connectivity index (χ4v) is 2.35. The average Bonchev–Trinajstić information content (AvgIpc) is 2.55. The lowest BCUT2D eigenvalue weighted by molar-refractivity contribution is 0.102. The Morgan fingerprint density at radius 1 is 1.26 bits per heavy atom. The van der Waals surface area contributed by atoms with Crippen LogP contribution in [0.2, 0.25) is 5.02 Å². The number of nitrogens with one attached hydrogen (secondary N) is 2. The molecular formula is C16H13ClN4OS. The Balaban J connectivity index is 2.19. The number of carbonyl (C=O) groups is 1. The minimum atomic E-state index is -0.294. The van der Waals surface area contributed by atoms with E-state index in [2.05, 4.69) is 15.6 Å². The first kappa shape index (κ1) is 16.9. The molecule has 0 aliphatic carbocycles. The maximum atomic E-state index is 12.2. The van der Waals surface area contributed by atoms with Gasteiger partial charge in [-0.25, -0.2) is 4.99 Å². The van der Waals surface area contributed by atoms with E-state index in [9.17, 15) is 4.79 Å². The van der Waals surface area contributed by atoms with Crippen molar-refractivity contribution in [3.8, 4) is 6.19 Å². The molecule has 0 saturated carbocycles. The van der Waals surface area contributed by atoms with E-state index in [0.717, 1.165) is 0 Å². The van der Waals surface area contributed by atoms with E-state index in [-0.39, 0.29) is 5.91 Å². The summed E-state index contributed by atoms with van der Waals surface area (Å²) in [4.78, 5) is 16.5. The minimum Gasteiger partial charge on any atom is -0.322 e. The summed E-state index contributed by atoms with van der Waals surface area (Å²) >= 11 is 7.33. The Morgan fingerprint density at radius 2 is 2.04 bits per heavy atom. The van der Waals surface area contributed by atoms with E-state index in [0.29, 0.717) is 27.1 Å². The molecule has 0 spiro atoms. The molecule has 2 aromatic carbocycles. The summed E-state index contributed by atoms with van der Waals surface area (Å²) in [5.74, 6) is -0.294. The number of benzene rings is 2. The van der Waals surface area contributed by atoms with Crippen molar-refractivity contribution in [2.45, 2.75) is 0 Å². The molecule has 0 radical (unpaired) electrons. The van der Waals surface area contributed by atoms with Gasteiger partial charge in [-0.2, -0.15) is 5.26 Å². The van der Waals surface area contributed by atoms with E-state index in [1.165, 1.54) is 11.8 Å². The molecule has 0 aliphatic heterocycles. The van der Waals surface area contributed by atoms with Crippen LogP contribution in [0.4, 0.5) is 11.4 Å². The molecule has 0 atom stereocenters. The zero-order chi connectivity index (χ0) is 16.7. The predicted octanol–water partition coefficient (Wildman–Crippen LogP) is 4.01. The third-order valence-corrected chi connectivity index (χ3v) is 3.72. The first-order valence-corrected chi connectivity index (χ1v) is 8.18. The standard InChI is InChI=1S/C16H13ClN4OS/c1-23-16(19-10-18)21-12-6-4-5-11(9-12)20-15(22)13-7-2-3-8-14(13)17/h2-9H,1H3,(H,19,21)(H,20,22). The number of nitrogens with zero attached hydrogens (tertiary/aromatic N) is 2. The van der Waals surface area contributed by atoms with E-state index >= 15 is 0 Å². The number of halogens is 1. The van der Waals surface area contributed by atoms with Crippen LogP contribution >= 0.6 is 23.4 Å². The van der Waals surface area contributed by atoms with Crippen molar-refractivity contribution in [1.29, 1.82) is 5.26 Å². The number of aliphatic imine (C=N–C) groups is 1. The summed E-state index contributed by atoms with van der Waals surface area (Å²) in [5.41, 5.74) is 1.61. The molecule has 1 amide bonds. The Hall–Kier alpha value is -2.49. The third-order valence-electron chi connectivity index (χ3n) is 2.81. The van der Waals surface area contributed by atoms with Gasteiger partial charge >= 0.3 is 0 Å². The predicted molar refractivity (Wildman–Crippen MR) is 95.2 cm³/mol. The zero-order valence-electron chi connectivity index (χ0n) is 12.2. The van der Waals surface area contributed by atoms with Crippen molar-refractivity contribution in [3.05, 3.63) is 59.1 Å². The summed E-state index contributed by atoms with van der Waals surface area (Å²) in [6, 6.07) is 13.8. The largest absolute Gasteiger partial charge is 0.322 e. The molecule has 0 fully saturated rings. The quantitative estimate of drug-likeness (QED) is 0.381. The Labute approximate surface area is 143 Å². The number of thioether (sulfide) groups is 1. The van der Waals surface area contributed by atoms with Crippen LogP contribution in [0.1, 0.15) is 10.4 Å². The van der Waals surface area contributed by atoms with Crippen LogP contribution in [0.3, 0.4) is 0 Å². The molecule has 116 valence electrons. The van der Waals surface area contributed by atoms with Gasteiger partial charge in [0.05, 0.1) is 16.3 Å². The highest BCUT2D eigenvalue weighted by atomic mass is 35.5. The molecule has 0 unspecified atom stereocenters. The smallest absolute Gasteiger partial charge is 0.257 e. The molecule has 0 bridgehead atoms. The van der Waals surface area contributed by atoms with E-state index in [1.807, 2.05) is 12.4 Å². The van der Waals surface area contributed by atoms with Gasteiger partial charge in [0.2, 0.25) is 0 Å². The normalized spacial score (nSPS) is 10.7. The van der Waals surface area contributed by atoms with Gasteiger partial charge in [-0.05, 0) is 36.6 Å². The first-order chi connectivity index (χ1) is 11.1. The zero-order valence-corrected chi connectivity index (χ0v) is 13.8. The van der Waals surface area contributed by atoms with Gasteiger partial charge in [-0.3, -0.25) is 10.1 Å². The van der Waals surface area contributed by atoms with Crippen molar-refractivity contribution in [1.82, 2.24) is 5.32 Å². The van der Waals surface area contributed by atoms with Crippen molar-refractivity contribution < 1.29 is 4.79 Å². The Morgan fingerprint density at radius 3 is 2.74 bits per heavy atom. The highest BCUT2D eigenvalue weighted by molar-refractivity contribution is 8.13. The minimum absolute atomic E-state index is 0.294. The van der Waals surface area contributed by atoms with E-state index < -0.39 is 0 Å². The molecule has 23 heavy (non-hydrogen) atoms. The van der Waals surface area contributed by atoms with Gasteiger partial charge in [0.25, 0.3) is 5.91 Å². The van der Waals surface area contributed by atoms with Crippen LogP contribution in [-0.4, -0.2) is 17.3 Å². The second-order valence-corrected chi connectivity index (χ2v) is 5.54. The highest BCUT2D eigenvalue weighted by Crippen LogP contribution is 2.21. The summed E-state index contributed by atoms with van der Waals surface area (Å²) in [5, 5.41) is 14.8. The number of carbonyl (C=O) groups excluding carboxylic acids is 1. The fourth-order valence-electron chi connectivity index (χ4n) is 1.79. The lowest BCUT2D eigenvalue weighted by Gasteiger charge is -2.07. The highest BCUT2D eigenvalue weighted by Gasteiger charge is 2.10. The Kier molecular flexibility index (Phi) is 6.03. The molecule has 7 heteroatoms. The number of hydrogen-bond donors (Lipinski definition) is 2. The number of hydrogen-bond acceptors (Lipinski definition) is 4. The molecule has 5 nitrogen and oxygen atoms in total. The third kappa shape index (κ3) is 4.74. The van der Waals surface area contributed by atoms with Gasteiger partial charge in [0.15, 0.2) is 11.4 Å². The summed E-state index contributed by atoms with van der Waals surface area (Å²) < 4.78 is 0. The van der Waals surface area contributed by atoms with Gasteiger partial charge < -0.3 is 5.32 Å². The van der Waals surface area contributed by atoms with E-state index in [1.54, 1.807) is 48.5 Å².